The molecule has 0 aromatic heterocycles. The third-order valence-corrected chi connectivity index (χ3v) is 15.8. The van der Waals surface area contributed by atoms with Crippen LogP contribution in [0.25, 0.3) is 0 Å². The lowest BCUT2D eigenvalue weighted by molar-refractivity contribution is -0.161. The van der Waals surface area contributed by atoms with Gasteiger partial charge in [0, 0.05) is 25.7 Å². The maximum Gasteiger partial charge on any atom is 0.472 e. The first-order chi connectivity index (χ1) is 38.2. The molecule has 0 radical (unpaired) electrons. The number of hydrogen-bond donors (Lipinski definition) is 3. The lowest BCUT2D eigenvalue weighted by Crippen LogP contribution is -2.30. The van der Waals surface area contributed by atoms with Crippen LogP contribution < -0.4 is 0 Å². The molecule has 19 heteroatoms. The van der Waals surface area contributed by atoms with Crippen molar-refractivity contribution in [3.8, 4) is 0 Å². The number of rotatable bonds is 59. The van der Waals surface area contributed by atoms with Crippen molar-refractivity contribution in [2.45, 2.75) is 311 Å². The summed E-state index contributed by atoms with van der Waals surface area (Å²) in [4.78, 5) is 71.9. The van der Waals surface area contributed by atoms with E-state index in [1.807, 2.05) is 0 Å². The molecule has 0 spiro atoms. The quantitative estimate of drug-likeness (QED) is 0.0222. The zero-order valence-corrected chi connectivity index (χ0v) is 53.3. The predicted molar refractivity (Wildman–Crippen MR) is 317 cm³/mol. The fraction of sp³-hybridized carbons (Fsp3) is 0.934. The summed E-state index contributed by atoms with van der Waals surface area (Å²) < 4.78 is 67.7. The highest BCUT2D eigenvalue weighted by Crippen LogP contribution is 2.45. The zero-order chi connectivity index (χ0) is 59.5. The molecule has 17 nitrogen and oxygen atoms in total. The first-order valence-electron chi connectivity index (χ1n) is 31.8. The number of carbonyl (C=O) groups excluding carboxylic acids is 4. The standard InChI is InChI=1S/C61H118O17P2/c1-8-9-10-11-18-28-35-42-58(63)71-48-57(78-61(66)45-38-31-24-23-27-34-41-54(6)7)51-76-80(69,70)74-47-55(62)46-73-79(67,68)75-50-56(77-60(65)44-37-30-22-17-13-15-20-26-33-40-53(4)5)49-72-59(64)43-36-29-21-16-12-14-19-25-32-39-52(2)3/h52-57,62H,8-51H2,1-7H3,(H,67,68)(H,69,70)/t55-,56-,57-/m1/s1. The summed E-state index contributed by atoms with van der Waals surface area (Å²) in [5.74, 6) is 0.00142. The molecule has 3 N–H and O–H groups in total. The summed E-state index contributed by atoms with van der Waals surface area (Å²) in [5.41, 5.74) is 0. The normalized spacial score (nSPS) is 14.5. The van der Waals surface area contributed by atoms with Gasteiger partial charge < -0.3 is 33.8 Å². The van der Waals surface area contributed by atoms with Gasteiger partial charge in [0.1, 0.15) is 19.3 Å². The van der Waals surface area contributed by atoms with Gasteiger partial charge in [-0.15, -0.1) is 0 Å². The molecule has 0 aromatic rings. The van der Waals surface area contributed by atoms with Crippen molar-refractivity contribution >= 4 is 39.5 Å². The van der Waals surface area contributed by atoms with Crippen molar-refractivity contribution in [1.29, 1.82) is 0 Å². The second-order valence-electron chi connectivity index (χ2n) is 23.5. The number of esters is 4. The molecule has 0 fully saturated rings. The second kappa shape index (κ2) is 52.6. The van der Waals surface area contributed by atoms with E-state index in [0.29, 0.717) is 31.6 Å². The average Bonchev–Trinajstić information content (AvgIpc) is 3.40. The molecule has 0 amide bonds. The smallest absolute Gasteiger partial charge is 0.462 e. The van der Waals surface area contributed by atoms with E-state index in [4.69, 9.17) is 37.0 Å². The lowest BCUT2D eigenvalue weighted by atomic mass is 10.0. The maximum absolute atomic E-state index is 12.9. The van der Waals surface area contributed by atoms with Gasteiger partial charge in [-0.1, -0.05) is 241 Å². The van der Waals surface area contributed by atoms with E-state index in [2.05, 4.69) is 48.5 Å². The second-order valence-corrected chi connectivity index (χ2v) is 26.4. The first kappa shape index (κ1) is 78.1. The Morgan fingerprint density at radius 1 is 0.338 bits per heavy atom. The van der Waals surface area contributed by atoms with Crippen LogP contribution in [0.3, 0.4) is 0 Å². The molecule has 0 bridgehead atoms. The third kappa shape index (κ3) is 55.3. The van der Waals surface area contributed by atoms with Gasteiger partial charge in [0.15, 0.2) is 12.2 Å². The van der Waals surface area contributed by atoms with E-state index in [0.717, 1.165) is 115 Å². The van der Waals surface area contributed by atoms with Crippen LogP contribution in [0.1, 0.15) is 292 Å². The van der Waals surface area contributed by atoms with Gasteiger partial charge in [-0.3, -0.25) is 37.3 Å². The van der Waals surface area contributed by atoms with Crippen LogP contribution in [0, 0.1) is 17.8 Å². The first-order valence-corrected chi connectivity index (χ1v) is 34.8. The van der Waals surface area contributed by atoms with Gasteiger partial charge in [0.2, 0.25) is 0 Å². The Morgan fingerprint density at radius 3 is 0.850 bits per heavy atom. The minimum Gasteiger partial charge on any atom is -0.462 e. The highest BCUT2D eigenvalue weighted by Gasteiger charge is 2.30. The maximum atomic E-state index is 12.9. The molecule has 0 aliphatic rings. The molecule has 0 saturated heterocycles. The van der Waals surface area contributed by atoms with Crippen molar-refractivity contribution in [1.82, 2.24) is 0 Å². The van der Waals surface area contributed by atoms with Crippen molar-refractivity contribution in [2.75, 3.05) is 39.6 Å². The van der Waals surface area contributed by atoms with E-state index < -0.39 is 97.5 Å². The fourth-order valence-corrected chi connectivity index (χ4v) is 10.5. The predicted octanol–water partition coefficient (Wildman–Crippen LogP) is 16.3. The van der Waals surface area contributed by atoms with Crippen LogP contribution in [-0.2, 0) is 65.4 Å². The minimum absolute atomic E-state index is 0.101. The molecule has 0 heterocycles. The summed E-state index contributed by atoms with van der Waals surface area (Å²) in [6.45, 7) is 11.6. The van der Waals surface area contributed by atoms with Crippen LogP contribution >= 0.6 is 15.6 Å². The number of carbonyl (C=O) groups is 4. The van der Waals surface area contributed by atoms with E-state index in [1.165, 1.54) is 89.9 Å². The van der Waals surface area contributed by atoms with Crippen LogP contribution in [0.5, 0.6) is 0 Å². The van der Waals surface area contributed by atoms with E-state index in [-0.39, 0.29) is 25.7 Å². The summed E-state index contributed by atoms with van der Waals surface area (Å²) in [5, 5.41) is 10.5. The molecule has 0 rings (SSSR count). The molecule has 5 atom stereocenters. The van der Waals surface area contributed by atoms with Crippen molar-refractivity contribution in [3.05, 3.63) is 0 Å². The molecule has 2 unspecified atom stereocenters. The topological polar surface area (TPSA) is 237 Å². The van der Waals surface area contributed by atoms with Gasteiger partial charge in [-0.05, 0) is 43.4 Å². The largest absolute Gasteiger partial charge is 0.472 e. The SMILES string of the molecule is CCCCCCCCCC(=O)OC[C@H](COP(=O)(O)OC[C@H](O)COP(=O)(O)OC[C@@H](COC(=O)CCCCCCCCCCCC(C)C)OC(=O)CCCCCCCCCCCC(C)C)OC(=O)CCCCCCCCC(C)C. The number of unbranched alkanes of at least 4 members (excludes halogenated alkanes) is 27. The van der Waals surface area contributed by atoms with Crippen molar-refractivity contribution in [2.24, 2.45) is 17.8 Å². The Labute approximate surface area is 486 Å². The molecule has 0 aliphatic heterocycles. The zero-order valence-electron chi connectivity index (χ0n) is 51.5. The fourth-order valence-electron chi connectivity index (χ4n) is 8.95. The van der Waals surface area contributed by atoms with Gasteiger partial charge in [0.25, 0.3) is 0 Å². The summed E-state index contributed by atoms with van der Waals surface area (Å²) in [7, 11) is -9.88. The monoisotopic (exact) mass is 1180 g/mol. The number of hydrogen-bond acceptors (Lipinski definition) is 15. The van der Waals surface area contributed by atoms with Crippen LogP contribution in [0.15, 0.2) is 0 Å². The molecular formula is C61H118O17P2. The molecular weight excluding hydrogens is 1070 g/mol. The number of aliphatic hydroxyl groups excluding tert-OH is 1. The van der Waals surface area contributed by atoms with Gasteiger partial charge in [-0.2, -0.15) is 0 Å². The lowest BCUT2D eigenvalue weighted by Gasteiger charge is -2.21. The number of phosphoric acid groups is 2. The number of phosphoric ester groups is 2. The van der Waals surface area contributed by atoms with E-state index in [1.54, 1.807) is 0 Å². The van der Waals surface area contributed by atoms with E-state index >= 15 is 0 Å². The Morgan fingerprint density at radius 2 is 0.575 bits per heavy atom. The number of ether oxygens (including phenoxy) is 4. The third-order valence-electron chi connectivity index (χ3n) is 13.9. The Balaban J connectivity index is 5.22. The molecule has 0 saturated carbocycles. The summed E-state index contributed by atoms with van der Waals surface area (Å²) >= 11 is 0. The summed E-state index contributed by atoms with van der Waals surface area (Å²) in [6, 6.07) is 0. The molecule has 80 heavy (non-hydrogen) atoms. The van der Waals surface area contributed by atoms with Crippen molar-refractivity contribution in [3.63, 3.8) is 0 Å². The Bertz CT molecular complexity index is 1600. The van der Waals surface area contributed by atoms with Gasteiger partial charge >= 0.3 is 39.5 Å². The Hall–Kier alpha value is -1.94. The average molecular weight is 1190 g/mol. The highest BCUT2D eigenvalue weighted by atomic mass is 31.2. The number of aliphatic hydroxyl groups is 1. The summed E-state index contributed by atoms with van der Waals surface area (Å²) in [6.07, 6.45) is 32.4. The van der Waals surface area contributed by atoms with Crippen LogP contribution in [-0.4, -0.2) is 96.7 Å². The van der Waals surface area contributed by atoms with Crippen LogP contribution in [0.2, 0.25) is 0 Å². The molecule has 0 aromatic carbocycles. The molecule has 474 valence electrons. The molecule has 0 aliphatic carbocycles. The van der Waals surface area contributed by atoms with Gasteiger partial charge in [0.05, 0.1) is 26.4 Å². The minimum atomic E-state index is -4.94. The highest BCUT2D eigenvalue weighted by molar-refractivity contribution is 7.47. The van der Waals surface area contributed by atoms with Crippen molar-refractivity contribution < 1.29 is 80.2 Å². The van der Waals surface area contributed by atoms with Crippen LogP contribution in [0.4, 0.5) is 0 Å². The Kier molecular flexibility index (Phi) is 51.3. The van der Waals surface area contributed by atoms with Gasteiger partial charge in [-0.25, -0.2) is 9.13 Å². The van der Waals surface area contributed by atoms with E-state index in [9.17, 15) is 43.2 Å².